The van der Waals surface area contributed by atoms with Crippen molar-refractivity contribution >= 4 is 19.5 Å². The molecule has 0 atom stereocenters. The molecule has 0 unspecified atom stereocenters. The van der Waals surface area contributed by atoms with Gasteiger partial charge in [-0.15, -0.1) is 0 Å². The Hall–Kier alpha value is -2.07. The molecular weight excluding hydrogens is 360 g/mol. The fraction of sp³-hybridized carbons (Fsp3) is 0.458. The van der Waals surface area contributed by atoms with Crippen molar-refractivity contribution < 1.29 is 4.43 Å². The van der Waals surface area contributed by atoms with Gasteiger partial charge < -0.3 is 8.66 Å². The fourth-order valence-electron chi connectivity index (χ4n) is 5.39. The zero-order valence-electron chi connectivity index (χ0n) is 18.3. The van der Waals surface area contributed by atoms with Crippen molar-refractivity contribution in [2.45, 2.75) is 65.5 Å². The summed E-state index contributed by atoms with van der Waals surface area (Å²) in [6.45, 7) is 18.9. The summed E-state index contributed by atoms with van der Waals surface area (Å²) < 4.78 is 8.94. The lowest BCUT2D eigenvalue weighted by Crippen LogP contribution is -2.46. The Balaban J connectivity index is 1.88. The van der Waals surface area contributed by atoms with Gasteiger partial charge in [0, 0.05) is 0 Å². The molecule has 2 aliphatic rings. The van der Waals surface area contributed by atoms with E-state index in [9.17, 15) is 0 Å². The first-order chi connectivity index (χ1) is 12.9. The van der Waals surface area contributed by atoms with Crippen molar-refractivity contribution in [2.24, 2.45) is 5.41 Å². The van der Waals surface area contributed by atoms with Gasteiger partial charge in [-0.05, 0) is 64.7 Å². The molecule has 5 rings (SSSR count). The molecule has 2 aromatic carbocycles. The molecule has 146 valence electrons. The van der Waals surface area contributed by atoms with E-state index in [2.05, 4.69) is 89.2 Å². The predicted octanol–water partition coefficient (Wildman–Crippen LogP) is 6.24. The van der Waals surface area contributed by atoms with Gasteiger partial charge in [0.15, 0.2) is 0 Å². The molecule has 1 aliphatic heterocycles. The summed E-state index contributed by atoms with van der Waals surface area (Å²) in [5.41, 5.74) is 6.65. The molecule has 1 aromatic heterocycles. The zero-order chi connectivity index (χ0) is 20.3. The van der Waals surface area contributed by atoms with Crippen LogP contribution in [-0.2, 0) is 10.8 Å². The van der Waals surface area contributed by atoms with Gasteiger partial charge in [-0.1, -0.05) is 53.7 Å². The molecule has 0 N–H and O–H groups in total. The SMILES string of the molecule is CC1(C)c2cc3nc4n(c3cc2C(C)(C)C1(C)C)[Si](C)(C)Oc1ccccc1-4. The van der Waals surface area contributed by atoms with Gasteiger partial charge in [-0.2, -0.15) is 0 Å². The largest absolute Gasteiger partial charge is 0.524 e. The number of imidazole rings is 1. The van der Waals surface area contributed by atoms with E-state index in [-0.39, 0.29) is 16.2 Å². The molecular formula is C24H30N2OSi. The van der Waals surface area contributed by atoms with E-state index in [0.29, 0.717) is 0 Å². The van der Waals surface area contributed by atoms with E-state index in [1.54, 1.807) is 0 Å². The number of fused-ring (bicyclic) bond motifs is 6. The third kappa shape index (κ3) is 1.87. The number of nitrogens with zero attached hydrogens (tertiary/aromatic N) is 2. The van der Waals surface area contributed by atoms with Crippen LogP contribution in [0.15, 0.2) is 36.4 Å². The number of aromatic nitrogens is 2. The van der Waals surface area contributed by atoms with Crippen molar-refractivity contribution in [3.63, 3.8) is 0 Å². The van der Waals surface area contributed by atoms with Crippen LogP contribution in [0.1, 0.15) is 52.7 Å². The van der Waals surface area contributed by atoms with E-state index in [0.717, 1.165) is 22.7 Å². The van der Waals surface area contributed by atoms with Crippen LogP contribution >= 0.6 is 0 Å². The van der Waals surface area contributed by atoms with Crippen LogP contribution in [0.25, 0.3) is 22.4 Å². The number of rotatable bonds is 0. The maximum atomic E-state index is 6.53. The highest BCUT2D eigenvalue weighted by atomic mass is 28.4. The van der Waals surface area contributed by atoms with Gasteiger partial charge in [0.25, 0.3) is 0 Å². The van der Waals surface area contributed by atoms with Crippen LogP contribution in [-0.4, -0.2) is 17.7 Å². The average Bonchev–Trinajstić information content (AvgIpc) is 3.03. The lowest BCUT2D eigenvalue weighted by Gasteiger charge is -2.44. The molecule has 28 heavy (non-hydrogen) atoms. The maximum Gasteiger partial charge on any atom is 0.360 e. The van der Waals surface area contributed by atoms with Crippen molar-refractivity contribution in [2.75, 3.05) is 0 Å². The zero-order valence-corrected chi connectivity index (χ0v) is 19.3. The monoisotopic (exact) mass is 390 g/mol. The first kappa shape index (κ1) is 18.0. The number of hydrogen-bond acceptors (Lipinski definition) is 2. The van der Waals surface area contributed by atoms with Gasteiger partial charge in [0.05, 0.1) is 16.6 Å². The van der Waals surface area contributed by atoms with E-state index in [4.69, 9.17) is 9.41 Å². The first-order valence-electron chi connectivity index (χ1n) is 10.3. The Morgan fingerprint density at radius 1 is 0.893 bits per heavy atom. The standard InChI is InChI=1S/C24H30N2OSi/c1-22(2)16-13-18-19(14-17(16)23(3,4)24(22,5)6)26-21(25-18)15-11-9-10-12-20(15)27-28(26,7)8/h9-14H,1-8H3. The smallest absolute Gasteiger partial charge is 0.360 e. The summed E-state index contributed by atoms with van der Waals surface area (Å²) in [6.07, 6.45) is 0. The molecule has 3 aromatic rings. The summed E-state index contributed by atoms with van der Waals surface area (Å²) in [7, 11) is -2.17. The van der Waals surface area contributed by atoms with Crippen LogP contribution in [0.4, 0.5) is 0 Å². The highest BCUT2D eigenvalue weighted by molar-refractivity contribution is 6.72. The van der Waals surface area contributed by atoms with Gasteiger partial charge in [0.1, 0.15) is 11.6 Å². The van der Waals surface area contributed by atoms with Crippen molar-refractivity contribution in [1.29, 1.82) is 0 Å². The van der Waals surface area contributed by atoms with Crippen molar-refractivity contribution in [3.8, 4) is 17.1 Å². The van der Waals surface area contributed by atoms with Crippen LogP contribution in [0.5, 0.6) is 5.75 Å². The molecule has 0 spiro atoms. The van der Waals surface area contributed by atoms with Crippen molar-refractivity contribution in [1.82, 2.24) is 9.22 Å². The summed E-state index contributed by atoms with van der Waals surface area (Å²) in [6, 6.07) is 13.1. The summed E-state index contributed by atoms with van der Waals surface area (Å²) in [5.74, 6) is 2.03. The van der Waals surface area contributed by atoms with E-state index < -0.39 is 8.48 Å². The molecule has 1 aliphatic carbocycles. The van der Waals surface area contributed by atoms with E-state index in [1.807, 2.05) is 6.07 Å². The summed E-state index contributed by atoms with van der Waals surface area (Å²) in [5, 5.41) is 0. The van der Waals surface area contributed by atoms with Crippen LogP contribution in [0.3, 0.4) is 0 Å². The number of hydrogen-bond donors (Lipinski definition) is 0. The van der Waals surface area contributed by atoms with Gasteiger partial charge in [-0.3, -0.25) is 0 Å². The summed E-state index contributed by atoms with van der Waals surface area (Å²) in [4.78, 5) is 5.15. The minimum absolute atomic E-state index is 0.0872. The molecule has 4 heteroatoms. The molecule has 0 bridgehead atoms. The molecule has 0 saturated heterocycles. The molecule has 0 radical (unpaired) electrons. The van der Waals surface area contributed by atoms with Crippen LogP contribution in [0.2, 0.25) is 13.1 Å². The second-order valence-electron chi connectivity index (χ2n) is 10.6. The Bertz CT molecular complexity index is 1150. The average molecular weight is 391 g/mol. The number of benzene rings is 2. The topological polar surface area (TPSA) is 27.1 Å². The van der Waals surface area contributed by atoms with Gasteiger partial charge in [0.2, 0.25) is 0 Å². The van der Waals surface area contributed by atoms with Crippen LogP contribution < -0.4 is 4.43 Å². The number of para-hydroxylation sites is 1. The summed E-state index contributed by atoms with van der Waals surface area (Å²) >= 11 is 0. The molecule has 2 heterocycles. The van der Waals surface area contributed by atoms with Gasteiger partial charge in [-0.25, -0.2) is 4.98 Å². The highest BCUT2D eigenvalue weighted by Gasteiger charge is 2.57. The second-order valence-corrected chi connectivity index (χ2v) is 14.1. The van der Waals surface area contributed by atoms with E-state index >= 15 is 0 Å². The Labute approximate surface area is 169 Å². The van der Waals surface area contributed by atoms with Crippen molar-refractivity contribution in [3.05, 3.63) is 47.5 Å². The quantitative estimate of drug-likeness (QED) is 0.425. The lowest BCUT2D eigenvalue weighted by molar-refractivity contribution is 0.125. The Morgan fingerprint density at radius 3 is 2.18 bits per heavy atom. The van der Waals surface area contributed by atoms with E-state index in [1.165, 1.54) is 16.6 Å². The minimum atomic E-state index is -2.17. The molecule has 0 saturated carbocycles. The minimum Gasteiger partial charge on any atom is -0.524 e. The fourth-order valence-corrected chi connectivity index (χ4v) is 7.64. The first-order valence-corrected chi connectivity index (χ1v) is 13.1. The third-order valence-corrected chi connectivity index (χ3v) is 10.5. The van der Waals surface area contributed by atoms with Crippen LogP contribution in [0, 0.1) is 5.41 Å². The normalized spacial score (nSPS) is 22.3. The third-order valence-electron chi connectivity index (χ3n) is 8.29. The molecule has 0 amide bonds. The lowest BCUT2D eigenvalue weighted by atomic mass is 9.59. The molecule has 3 nitrogen and oxygen atoms in total. The highest BCUT2D eigenvalue weighted by Crippen LogP contribution is 2.62. The van der Waals surface area contributed by atoms with Gasteiger partial charge >= 0.3 is 8.48 Å². The Kier molecular flexibility index (Phi) is 3.15. The second kappa shape index (κ2) is 4.91. The molecule has 0 fully saturated rings. The Morgan fingerprint density at radius 2 is 1.50 bits per heavy atom. The predicted molar refractivity (Wildman–Crippen MR) is 119 cm³/mol. The maximum absolute atomic E-state index is 6.53.